The summed E-state index contributed by atoms with van der Waals surface area (Å²) in [6.07, 6.45) is 0.609. The summed E-state index contributed by atoms with van der Waals surface area (Å²) in [6.45, 7) is 1.93. The minimum atomic E-state index is -0.579. The summed E-state index contributed by atoms with van der Waals surface area (Å²) in [5, 5.41) is 5.27. The average molecular weight is 439 g/mol. The van der Waals surface area contributed by atoms with Gasteiger partial charge in [-0.1, -0.05) is 37.3 Å². The molecule has 160 valence electrons. The lowest BCUT2D eigenvalue weighted by Gasteiger charge is -2.17. The van der Waals surface area contributed by atoms with Gasteiger partial charge in [-0.25, -0.2) is 4.39 Å². The zero-order valence-electron chi connectivity index (χ0n) is 17.2. The maximum atomic E-state index is 13.8. The molecular weight excluding hydrogens is 415 g/mol. The van der Waals surface area contributed by atoms with E-state index in [1.807, 2.05) is 25.1 Å². The van der Waals surface area contributed by atoms with E-state index in [1.165, 1.54) is 30.0 Å². The Hall–Kier alpha value is -3.32. The van der Waals surface area contributed by atoms with Crippen LogP contribution in [0.1, 0.15) is 23.7 Å². The molecule has 0 heterocycles. The molecule has 2 amide bonds. The Morgan fingerprint density at radius 3 is 2.48 bits per heavy atom. The number of amides is 2. The second kappa shape index (κ2) is 10.6. The van der Waals surface area contributed by atoms with Crippen LogP contribution in [0.15, 0.2) is 77.7 Å². The van der Waals surface area contributed by atoms with Crippen LogP contribution in [0.25, 0.3) is 0 Å². The number of para-hydroxylation sites is 2. The molecule has 0 fully saturated rings. The molecular formula is C24H23FN2O3S. The molecule has 1 unspecified atom stereocenters. The molecule has 1 atom stereocenters. The normalized spacial score (nSPS) is 11.5. The van der Waals surface area contributed by atoms with Gasteiger partial charge in [-0.3, -0.25) is 9.59 Å². The average Bonchev–Trinajstić information content (AvgIpc) is 2.78. The first kappa shape index (κ1) is 22.4. The fourth-order valence-corrected chi connectivity index (χ4v) is 3.95. The number of hydrogen-bond acceptors (Lipinski definition) is 4. The number of thioether (sulfide) groups is 1. The van der Waals surface area contributed by atoms with Crippen LogP contribution in [0.3, 0.4) is 0 Å². The van der Waals surface area contributed by atoms with Crippen molar-refractivity contribution in [3.05, 3.63) is 84.2 Å². The Morgan fingerprint density at radius 2 is 1.74 bits per heavy atom. The monoisotopic (exact) mass is 438 g/mol. The number of rotatable bonds is 8. The van der Waals surface area contributed by atoms with E-state index in [0.717, 1.165) is 4.90 Å². The number of ether oxygens (including phenoxy) is 1. The number of anilines is 2. The second-order valence-corrected chi connectivity index (χ2v) is 7.94. The van der Waals surface area contributed by atoms with Crippen molar-refractivity contribution in [1.82, 2.24) is 0 Å². The molecule has 0 spiro atoms. The molecule has 0 radical (unpaired) electrons. The predicted octanol–water partition coefficient (Wildman–Crippen LogP) is 5.60. The lowest BCUT2D eigenvalue weighted by atomic mass is 10.2. The summed E-state index contributed by atoms with van der Waals surface area (Å²) in [4.78, 5) is 26.0. The molecule has 31 heavy (non-hydrogen) atoms. The predicted molar refractivity (Wildman–Crippen MR) is 122 cm³/mol. The smallest absolute Gasteiger partial charge is 0.258 e. The van der Waals surface area contributed by atoms with Crippen molar-refractivity contribution in [2.24, 2.45) is 0 Å². The number of benzene rings is 3. The van der Waals surface area contributed by atoms with Gasteiger partial charge in [0.15, 0.2) is 0 Å². The highest BCUT2D eigenvalue weighted by atomic mass is 32.2. The molecule has 0 saturated heterocycles. The first-order valence-corrected chi connectivity index (χ1v) is 10.7. The molecule has 3 rings (SSSR count). The SMILES string of the molecule is CCC(Sc1cccc(NC(=O)c2ccccc2F)c1)C(=O)Nc1ccccc1OC. The Balaban J connectivity index is 1.69. The molecule has 0 aliphatic rings. The zero-order valence-corrected chi connectivity index (χ0v) is 18.0. The highest BCUT2D eigenvalue weighted by Gasteiger charge is 2.20. The van der Waals surface area contributed by atoms with Gasteiger partial charge in [0.2, 0.25) is 5.91 Å². The van der Waals surface area contributed by atoms with Crippen molar-refractivity contribution < 1.29 is 18.7 Å². The third-order valence-corrected chi connectivity index (χ3v) is 5.87. The highest BCUT2D eigenvalue weighted by molar-refractivity contribution is 8.00. The van der Waals surface area contributed by atoms with Gasteiger partial charge in [-0.2, -0.15) is 0 Å². The van der Waals surface area contributed by atoms with Crippen LogP contribution in [-0.2, 0) is 4.79 Å². The first-order valence-electron chi connectivity index (χ1n) is 9.78. The molecule has 0 bridgehead atoms. The topological polar surface area (TPSA) is 67.4 Å². The number of hydrogen-bond donors (Lipinski definition) is 2. The maximum Gasteiger partial charge on any atom is 0.258 e. The molecule has 7 heteroatoms. The van der Waals surface area contributed by atoms with E-state index in [4.69, 9.17) is 4.74 Å². The standard InChI is InChI=1S/C24H23FN2O3S/c1-3-22(24(29)27-20-13-6-7-14-21(20)30-2)31-17-10-8-9-16(15-17)26-23(28)18-11-4-5-12-19(18)25/h4-15,22H,3H2,1-2H3,(H,26,28)(H,27,29). The van der Waals surface area contributed by atoms with E-state index in [9.17, 15) is 14.0 Å². The van der Waals surface area contributed by atoms with Gasteiger partial charge >= 0.3 is 0 Å². The first-order chi connectivity index (χ1) is 15.0. The Kier molecular flexibility index (Phi) is 7.67. The van der Waals surface area contributed by atoms with Crippen LogP contribution in [0, 0.1) is 5.82 Å². The lowest BCUT2D eigenvalue weighted by Crippen LogP contribution is -2.24. The van der Waals surface area contributed by atoms with Crippen molar-refractivity contribution in [2.45, 2.75) is 23.5 Å². The Labute approximate surface area is 185 Å². The molecule has 0 aromatic heterocycles. The number of carbonyl (C=O) groups is 2. The van der Waals surface area contributed by atoms with E-state index in [-0.39, 0.29) is 16.7 Å². The van der Waals surface area contributed by atoms with Gasteiger partial charge in [0, 0.05) is 10.6 Å². The number of halogens is 1. The van der Waals surface area contributed by atoms with E-state index in [1.54, 1.807) is 43.5 Å². The maximum absolute atomic E-state index is 13.8. The van der Waals surface area contributed by atoms with Gasteiger partial charge < -0.3 is 15.4 Å². The lowest BCUT2D eigenvalue weighted by molar-refractivity contribution is -0.115. The van der Waals surface area contributed by atoms with E-state index in [0.29, 0.717) is 23.5 Å². The molecule has 3 aromatic rings. The minimum Gasteiger partial charge on any atom is -0.495 e. The fraction of sp³-hybridized carbons (Fsp3) is 0.167. The van der Waals surface area contributed by atoms with Crippen LogP contribution < -0.4 is 15.4 Å². The van der Waals surface area contributed by atoms with E-state index < -0.39 is 11.7 Å². The quantitative estimate of drug-likeness (QED) is 0.450. The minimum absolute atomic E-state index is 0.0248. The molecule has 5 nitrogen and oxygen atoms in total. The zero-order chi connectivity index (χ0) is 22.2. The van der Waals surface area contributed by atoms with Crippen molar-refractivity contribution in [3.8, 4) is 5.75 Å². The fourth-order valence-electron chi connectivity index (χ4n) is 2.94. The van der Waals surface area contributed by atoms with E-state index in [2.05, 4.69) is 10.6 Å². The van der Waals surface area contributed by atoms with Crippen LogP contribution in [0.4, 0.5) is 15.8 Å². The third kappa shape index (κ3) is 5.86. The number of methoxy groups -OCH3 is 1. The van der Waals surface area contributed by atoms with Crippen molar-refractivity contribution in [3.63, 3.8) is 0 Å². The van der Waals surface area contributed by atoms with Crippen LogP contribution >= 0.6 is 11.8 Å². The van der Waals surface area contributed by atoms with Crippen LogP contribution in [0.2, 0.25) is 0 Å². The largest absolute Gasteiger partial charge is 0.495 e. The van der Waals surface area contributed by atoms with Gasteiger partial charge in [0.25, 0.3) is 5.91 Å². The summed E-state index contributed by atoms with van der Waals surface area (Å²) >= 11 is 1.39. The van der Waals surface area contributed by atoms with Crippen LogP contribution in [-0.4, -0.2) is 24.2 Å². The van der Waals surface area contributed by atoms with Crippen molar-refractivity contribution in [1.29, 1.82) is 0 Å². The third-order valence-electron chi connectivity index (χ3n) is 4.52. The van der Waals surface area contributed by atoms with E-state index >= 15 is 0 Å². The number of carbonyl (C=O) groups excluding carboxylic acids is 2. The summed E-state index contributed by atoms with van der Waals surface area (Å²) in [6, 6.07) is 20.2. The van der Waals surface area contributed by atoms with Crippen molar-refractivity contribution in [2.75, 3.05) is 17.7 Å². The Bertz CT molecular complexity index is 1070. The van der Waals surface area contributed by atoms with Crippen LogP contribution in [0.5, 0.6) is 5.75 Å². The summed E-state index contributed by atoms with van der Waals surface area (Å²) < 4.78 is 19.1. The van der Waals surface area contributed by atoms with Gasteiger partial charge in [0.1, 0.15) is 11.6 Å². The highest BCUT2D eigenvalue weighted by Crippen LogP contribution is 2.30. The summed E-state index contributed by atoms with van der Waals surface area (Å²) in [7, 11) is 1.55. The molecule has 2 N–H and O–H groups in total. The van der Waals surface area contributed by atoms with Gasteiger partial charge in [-0.05, 0) is 48.9 Å². The molecule has 0 saturated carbocycles. The summed E-state index contributed by atoms with van der Waals surface area (Å²) in [5.41, 5.74) is 1.11. The Morgan fingerprint density at radius 1 is 1.00 bits per heavy atom. The van der Waals surface area contributed by atoms with Gasteiger partial charge in [0.05, 0.1) is 23.6 Å². The number of nitrogens with one attached hydrogen (secondary N) is 2. The van der Waals surface area contributed by atoms with Crippen molar-refractivity contribution >= 4 is 35.0 Å². The van der Waals surface area contributed by atoms with Gasteiger partial charge in [-0.15, -0.1) is 11.8 Å². The molecule has 3 aromatic carbocycles. The molecule has 0 aliphatic carbocycles. The molecule has 0 aliphatic heterocycles. The second-order valence-electron chi connectivity index (χ2n) is 6.67. The summed E-state index contributed by atoms with van der Waals surface area (Å²) in [5.74, 6) is -0.655.